The first-order valence-corrected chi connectivity index (χ1v) is 11.0. The van der Waals surface area contributed by atoms with E-state index in [1.807, 2.05) is 15.5 Å². The third kappa shape index (κ3) is 2.82. The van der Waals surface area contributed by atoms with Crippen LogP contribution in [0.2, 0.25) is 0 Å². The van der Waals surface area contributed by atoms with E-state index in [9.17, 15) is 4.79 Å². The van der Waals surface area contributed by atoms with E-state index in [1.165, 1.54) is 24.8 Å². The van der Waals surface area contributed by atoms with Crippen LogP contribution in [-0.4, -0.2) is 43.0 Å². The predicted molar refractivity (Wildman–Crippen MR) is 117 cm³/mol. The van der Waals surface area contributed by atoms with E-state index in [4.69, 9.17) is 0 Å². The molecule has 30 heavy (non-hydrogen) atoms. The molecule has 6 nitrogen and oxygen atoms in total. The Balaban J connectivity index is 1.62. The van der Waals surface area contributed by atoms with Crippen LogP contribution in [0.1, 0.15) is 42.6 Å². The van der Waals surface area contributed by atoms with Crippen molar-refractivity contribution in [3.05, 3.63) is 54.5 Å². The van der Waals surface area contributed by atoms with Crippen LogP contribution in [0.4, 0.5) is 0 Å². The fourth-order valence-corrected chi connectivity index (χ4v) is 4.79. The number of piperidine rings is 1. The zero-order chi connectivity index (χ0) is 20.1. The van der Waals surface area contributed by atoms with Gasteiger partial charge >= 0.3 is 0 Å². The highest BCUT2D eigenvalue weighted by Gasteiger charge is 2.29. The van der Waals surface area contributed by atoms with Gasteiger partial charge in [0.25, 0.3) is 5.91 Å². The number of benzene rings is 1. The van der Waals surface area contributed by atoms with Crippen molar-refractivity contribution in [3.63, 3.8) is 0 Å². The molecule has 1 saturated heterocycles. The normalized spacial score (nSPS) is 17.1. The van der Waals surface area contributed by atoms with E-state index in [-0.39, 0.29) is 5.91 Å². The van der Waals surface area contributed by atoms with Crippen molar-refractivity contribution in [2.75, 3.05) is 13.1 Å². The Morgan fingerprint density at radius 1 is 0.967 bits per heavy atom. The van der Waals surface area contributed by atoms with Gasteiger partial charge in [0.15, 0.2) is 0 Å². The van der Waals surface area contributed by atoms with Gasteiger partial charge in [-0.3, -0.25) is 9.36 Å². The Hall–Kier alpha value is -3.15. The molecular weight excluding hydrogens is 374 g/mol. The van der Waals surface area contributed by atoms with Gasteiger partial charge in [-0.25, -0.2) is 9.97 Å². The monoisotopic (exact) mass is 399 g/mol. The van der Waals surface area contributed by atoms with Crippen molar-refractivity contribution in [3.8, 4) is 5.95 Å². The van der Waals surface area contributed by atoms with Gasteiger partial charge in [0.1, 0.15) is 5.69 Å². The molecule has 152 valence electrons. The predicted octanol–water partition coefficient (Wildman–Crippen LogP) is 4.41. The maximum atomic E-state index is 13.6. The van der Waals surface area contributed by atoms with Gasteiger partial charge in [-0.1, -0.05) is 18.2 Å². The summed E-state index contributed by atoms with van der Waals surface area (Å²) in [5.41, 5.74) is 4.04. The number of carbonyl (C=O) groups is 1. The molecule has 6 rings (SSSR count). The number of nitrogens with zero attached hydrogens (tertiary/aromatic N) is 5. The molecule has 1 aliphatic heterocycles. The molecule has 1 amide bonds. The van der Waals surface area contributed by atoms with Crippen LogP contribution in [0, 0.1) is 5.92 Å². The molecular formula is C24H25N5O. The van der Waals surface area contributed by atoms with Crippen LogP contribution in [0.3, 0.4) is 0 Å². The number of rotatable bonds is 4. The first kappa shape index (κ1) is 17.7. The molecule has 6 heteroatoms. The Bertz CT molecular complexity index is 1230. The van der Waals surface area contributed by atoms with Crippen LogP contribution in [-0.2, 0) is 6.54 Å². The average molecular weight is 399 g/mol. The molecule has 0 unspecified atom stereocenters. The molecule has 2 aliphatic rings. The topological polar surface area (TPSA) is 56.0 Å². The number of para-hydroxylation sites is 1. The molecule has 0 bridgehead atoms. The minimum atomic E-state index is 0.0837. The molecule has 4 heterocycles. The summed E-state index contributed by atoms with van der Waals surface area (Å²) in [6.07, 6.45) is 9.41. The fraction of sp³-hybridized carbons (Fsp3) is 0.375. The maximum Gasteiger partial charge on any atom is 0.271 e. The molecule has 0 atom stereocenters. The van der Waals surface area contributed by atoms with Gasteiger partial charge in [0.05, 0.1) is 16.6 Å². The number of aromatic nitrogens is 4. The maximum absolute atomic E-state index is 13.6. The summed E-state index contributed by atoms with van der Waals surface area (Å²) in [6.45, 7) is 2.65. The number of hydrogen-bond donors (Lipinski definition) is 0. The first-order chi connectivity index (χ1) is 14.8. The Morgan fingerprint density at radius 2 is 1.73 bits per heavy atom. The second kappa shape index (κ2) is 6.97. The van der Waals surface area contributed by atoms with E-state index in [0.717, 1.165) is 54.8 Å². The lowest BCUT2D eigenvalue weighted by Gasteiger charge is -2.27. The average Bonchev–Trinajstić information content (AvgIpc) is 3.47. The largest absolute Gasteiger partial charge is 0.339 e. The van der Waals surface area contributed by atoms with Crippen LogP contribution in [0.15, 0.2) is 48.8 Å². The van der Waals surface area contributed by atoms with Gasteiger partial charge in [-0.05, 0) is 56.2 Å². The highest BCUT2D eigenvalue weighted by Crippen LogP contribution is 2.38. The zero-order valence-corrected chi connectivity index (χ0v) is 17.0. The van der Waals surface area contributed by atoms with Crippen LogP contribution in [0.5, 0.6) is 0 Å². The van der Waals surface area contributed by atoms with Crippen molar-refractivity contribution < 1.29 is 4.79 Å². The van der Waals surface area contributed by atoms with Gasteiger partial charge in [-0.15, -0.1) is 0 Å². The molecule has 0 N–H and O–H groups in total. The highest BCUT2D eigenvalue weighted by atomic mass is 16.2. The Morgan fingerprint density at radius 3 is 2.50 bits per heavy atom. The van der Waals surface area contributed by atoms with Crippen molar-refractivity contribution in [2.45, 2.75) is 38.6 Å². The molecule has 1 aromatic carbocycles. The van der Waals surface area contributed by atoms with Crippen molar-refractivity contribution >= 4 is 27.8 Å². The van der Waals surface area contributed by atoms with Crippen LogP contribution in [0.25, 0.3) is 27.9 Å². The summed E-state index contributed by atoms with van der Waals surface area (Å²) in [5.74, 6) is 1.38. The van der Waals surface area contributed by atoms with E-state index in [1.54, 1.807) is 12.4 Å². The van der Waals surface area contributed by atoms with Gasteiger partial charge in [-0.2, -0.15) is 0 Å². The van der Waals surface area contributed by atoms with Crippen molar-refractivity contribution in [2.24, 2.45) is 5.92 Å². The van der Waals surface area contributed by atoms with E-state index >= 15 is 0 Å². The second-order valence-electron chi connectivity index (χ2n) is 8.57. The highest BCUT2D eigenvalue weighted by molar-refractivity contribution is 6.11. The zero-order valence-electron chi connectivity index (χ0n) is 17.0. The summed E-state index contributed by atoms with van der Waals surface area (Å²) in [5, 5.41) is 1.15. The quantitative estimate of drug-likeness (QED) is 0.511. The molecule has 4 aromatic rings. The van der Waals surface area contributed by atoms with Crippen LogP contribution >= 0.6 is 0 Å². The lowest BCUT2D eigenvalue weighted by molar-refractivity contribution is 0.0716. The summed E-state index contributed by atoms with van der Waals surface area (Å²) >= 11 is 0. The molecule has 2 fully saturated rings. The molecule has 0 spiro atoms. The van der Waals surface area contributed by atoms with Gasteiger partial charge in [0, 0.05) is 37.4 Å². The van der Waals surface area contributed by atoms with E-state index in [2.05, 4.69) is 44.9 Å². The minimum absolute atomic E-state index is 0.0837. The number of carbonyl (C=O) groups excluding carboxylic acids is 1. The Labute approximate surface area is 175 Å². The number of likely N-dealkylation sites (tertiary alicyclic amines) is 1. The number of hydrogen-bond acceptors (Lipinski definition) is 3. The van der Waals surface area contributed by atoms with Crippen molar-refractivity contribution in [1.29, 1.82) is 0 Å². The minimum Gasteiger partial charge on any atom is -0.339 e. The Kier molecular flexibility index (Phi) is 4.11. The third-order valence-electron chi connectivity index (χ3n) is 6.47. The SMILES string of the molecule is O=C(c1cc2c(c3ccccc3n2CC2CC2)n1-c1ncccn1)N1CCCCC1. The first-order valence-electron chi connectivity index (χ1n) is 11.0. The summed E-state index contributed by atoms with van der Waals surface area (Å²) in [6, 6.07) is 12.4. The van der Waals surface area contributed by atoms with Gasteiger partial charge in [0.2, 0.25) is 5.95 Å². The molecule has 3 aromatic heterocycles. The summed E-state index contributed by atoms with van der Waals surface area (Å²) < 4.78 is 4.38. The number of amides is 1. The number of fused-ring (bicyclic) bond motifs is 3. The van der Waals surface area contributed by atoms with E-state index < -0.39 is 0 Å². The van der Waals surface area contributed by atoms with Gasteiger partial charge < -0.3 is 9.47 Å². The lowest BCUT2D eigenvalue weighted by Crippen LogP contribution is -2.36. The van der Waals surface area contributed by atoms with Crippen molar-refractivity contribution in [1.82, 2.24) is 24.0 Å². The third-order valence-corrected chi connectivity index (χ3v) is 6.47. The molecule has 0 radical (unpaired) electrons. The fourth-order valence-electron chi connectivity index (χ4n) is 4.79. The standard InChI is InChI=1S/C24H25N5O/c30-23(27-13-4-1-5-14-27)21-15-20-22(29(21)24-25-11-6-12-26-24)18-7-2-3-8-19(18)28(20)16-17-9-10-17/h2-3,6-8,11-12,15,17H,1,4-5,9-10,13-14,16H2. The second-order valence-corrected chi connectivity index (χ2v) is 8.57. The smallest absolute Gasteiger partial charge is 0.271 e. The lowest BCUT2D eigenvalue weighted by atomic mass is 10.1. The van der Waals surface area contributed by atoms with Crippen LogP contribution < -0.4 is 0 Å². The summed E-state index contributed by atoms with van der Waals surface area (Å²) in [4.78, 5) is 24.6. The molecule has 1 aliphatic carbocycles. The summed E-state index contributed by atoms with van der Waals surface area (Å²) in [7, 11) is 0. The van der Waals surface area contributed by atoms with E-state index in [0.29, 0.717) is 11.6 Å². The molecule has 1 saturated carbocycles.